The summed E-state index contributed by atoms with van der Waals surface area (Å²) < 4.78 is 33.7. The molecule has 1 fully saturated rings. The summed E-state index contributed by atoms with van der Waals surface area (Å²) in [7, 11) is -3.47. The number of nitrogens with zero attached hydrogens (tertiary/aromatic N) is 1. The van der Waals surface area contributed by atoms with Crippen molar-refractivity contribution >= 4 is 31.6 Å². The average molecular weight is 475 g/mol. The number of hydrogen-bond acceptors (Lipinski definition) is 4. The fourth-order valence-electron chi connectivity index (χ4n) is 4.68. The van der Waals surface area contributed by atoms with Gasteiger partial charge in [0.05, 0.1) is 24.2 Å². The standard InChI is InChI=1S/C22H23BrN2O3S/c23-16-6-9-21-20(14-16)18-2-1-3-19(18)22(24-21)15-4-7-17(8-5-15)29(26,27)25-10-12-28-13-11-25/h1-2,4-9,14,18-19,22,24H,3,10-13H2/t18-,19+,22+/m1/s1. The lowest BCUT2D eigenvalue weighted by Crippen LogP contribution is -2.40. The second kappa shape index (κ2) is 7.54. The number of hydrogen-bond donors (Lipinski definition) is 1. The molecule has 0 amide bonds. The second-order valence-electron chi connectivity index (χ2n) is 7.79. The number of halogens is 1. The zero-order valence-corrected chi connectivity index (χ0v) is 18.3. The Kier molecular flexibility index (Phi) is 5.02. The van der Waals surface area contributed by atoms with Crippen LogP contribution in [0, 0.1) is 5.92 Å². The first-order chi connectivity index (χ1) is 14.0. The Labute approximate surface area is 179 Å². The molecule has 3 atom stereocenters. The van der Waals surface area contributed by atoms with Crippen molar-refractivity contribution in [3.05, 3.63) is 70.2 Å². The van der Waals surface area contributed by atoms with Crippen LogP contribution in [0.1, 0.15) is 29.5 Å². The Balaban J connectivity index is 1.44. The molecule has 3 aliphatic rings. The predicted octanol–water partition coefficient (Wildman–Crippen LogP) is 4.30. The van der Waals surface area contributed by atoms with Gasteiger partial charge in [0.2, 0.25) is 10.0 Å². The Morgan fingerprint density at radius 3 is 2.59 bits per heavy atom. The number of fused-ring (bicyclic) bond motifs is 3. The van der Waals surface area contributed by atoms with Gasteiger partial charge in [0, 0.05) is 29.2 Å². The van der Waals surface area contributed by atoms with Crippen LogP contribution in [0.5, 0.6) is 0 Å². The van der Waals surface area contributed by atoms with Crippen LogP contribution in [0.15, 0.2) is 64.0 Å². The highest BCUT2D eigenvalue weighted by molar-refractivity contribution is 9.10. The number of nitrogens with one attached hydrogen (secondary N) is 1. The lowest BCUT2D eigenvalue weighted by Gasteiger charge is -2.37. The molecule has 1 N–H and O–H groups in total. The van der Waals surface area contributed by atoms with Gasteiger partial charge in [-0.25, -0.2) is 8.42 Å². The maximum Gasteiger partial charge on any atom is 0.243 e. The molecule has 0 radical (unpaired) electrons. The fraction of sp³-hybridized carbons (Fsp3) is 0.364. The quantitative estimate of drug-likeness (QED) is 0.673. The van der Waals surface area contributed by atoms with E-state index in [4.69, 9.17) is 4.74 Å². The third-order valence-electron chi connectivity index (χ3n) is 6.17. The van der Waals surface area contributed by atoms with Crippen molar-refractivity contribution in [2.45, 2.75) is 23.3 Å². The molecule has 0 aromatic heterocycles. The van der Waals surface area contributed by atoms with E-state index in [2.05, 4.69) is 51.6 Å². The van der Waals surface area contributed by atoms with E-state index in [0.717, 1.165) is 22.1 Å². The number of sulfonamides is 1. The average Bonchev–Trinajstić information content (AvgIpc) is 3.24. The van der Waals surface area contributed by atoms with Gasteiger partial charge in [-0.15, -0.1) is 0 Å². The number of rotatable bonds is 3. The van der Waals surface area contributed by atoms with Gasteiger partial charge < -0.3 is 10.1 Å². The highest BCUT2D eigenvalue weighted by Gasteiger charge is 2.38. The molecule has 0 spiro atoms. The molecular formula is C22H23BrN2O3S. The van der Waals surface area contributed by atoms with Crippen LogP contribution >= 0.6 is 15.9 Å². The number of anilines is 1. The van der Waals surface area contributed by atoms with Gasteiger partial charge in [-0.05, 0) is 53.8 Å². The summed E-state index contributed by atoms with van der Waals surface area (Å²) in [5.41, 5.74) is 3.59. The molecule has 5 rings (SSSR count). The monoisotopic (exact) mass is 474 g/mol. The Morgan fingerprint density at radius 1 is 1.07 bits per heavy atom. The third kappa shape index (κ3) is 3.44. The summed E-state index contributed by atoms with van der Waals surface area (Å²) in [5.74, 6) is 0.809. The van der Waals surface area contributed by atoms with Crippen molar-refractivity contribution in [1.82, 2.24) is 4.31 Å². The summed E-state index contributed by atoms with van der Waals surface area (Å²) in [4.78, 5) is 0.351. The lowest BCUT2D eigenvalue weighted by molar-refractivity contribution is 0.0730. The smallest absolute Gasteiger partial charge is 0.243 e. The van der Waals surface area contributed by atoms with Crippen LogP contribution < -0.4 is 5.32 Å². The molecule has 2 heterocycles. The first-order valence-electron chi connectivity index (χ1n) is 9.94. The Hall–Kier alpha value is -1.67. The highest BCUT2D eigenvalue weighted by atomic mass is 79.9. The molecule has 0 saturated carbocycles. The van der Waals surface area contributed by atoms with Crippen LogP contribution in [0.3, 0.4) is 0 Å². The van der Waals surface area contributed by atoms with Gasteiger partial charge in [-0.3, -0.25) is 0 Å². The minimum atomic E-state index is -3.47. The lowest BCUT2D eigenvalue weighted by atomic mass is 9.77. The van der Waals surface area contributed by atoms with Gasteiger partial charge >= 0.3 is 0 Å². The van der Waals surface area contributed by atoms with Crippen LogP contribution in [0.25, 0.3) is 0 Å². The van der Waals surface area contributed by atoms with Crippen molar-refractivity contribution in [1.29, 1.82) is 0 Å². The molecule has 7 heteroatoms. The summed E-state index contributed by atoms with van der Waals surface area (Å²) in [5, 5.41) is 3.70. The minimum absolute atomic E-state index is 0.156. The van der Waals surface area contributed by atoms with E-state index in [-0.39, 0.29) is 6.04 Å². The number of benzene rings is 2. The van der Waals surface area contributed by atoms with Gasteiger partial charge in [-0.2, -0.15) is 4.31 Å². The third-order valence-corrected chi connectivity index (χ3v) is 8.58. The van der Waals surface area contributed by atoms with Crippen molar-refractivity contribution < 1.29 is 13.2 Å². The SMILES string of the molecule is O=S(=O)(c1ccc([C@@H]2Nc3ccc(Br)cc3[C@@H]3C=CC[C@@H]32)cc1)N1CCOCC1. The van der Waals surface area contributed by atoms with Gasteiger partial charge in [0.1, 0.15) is 0 Å². The molecule has 29 heavy (non-hydrogen) atoms. The van der Waals surface area contributed by atoms with E-state index >= 15 is 0 Å². The van der Waals surface area contributed by atoms with E-state index < -0.39 is 10.0 Å². The van der Waals surface area contributed by atoms with Crippen molar-refractivity contribution in [2.24, 2.45) is 5.92 Å². The van der Waals surface area contributed by atoms with Crippen LogP contribution in [-0.2, 0) is 14.8 Å². The van der Waals surface area contributed by atoms with Crippen molar-refractivity contribution in [3.8, 4) is 0 Å². The molecule has 0 unspecified atom stereocenters. The van der Waals surface area contributed by atoms with Crippen LogP contribution in [-0.4, -0.2) is 39.0 Å². The largest absolute Gasteiger partial charge is 0.379 e. The Bertz CT molecular complexity index is 1050. The summed E-state index contributed by atoms with van der Waals surface area (Å²) in [6.07, 6.45) is 5.58. The minimum Gasteiger partial charge on any atom is -0.379 e. The first-order valence-corrected chi connectivity index (χ1v) is 12.2. The van der Waals surface area contributed by atoms with Crippen molar-refractivity contribution in [3.63, 3.8) is 0 Å². The number of morpholine rings is 1. The molecule has 0 bridgehead atoms. The summed E-state index contributed by atoms with van der Waals surface area (Å²) in [6, 6.07) is 13.9. The fourth-order valence-corrected chi connectivity index (χ4v) is 6.47. The van der Waals surface area contributed by atoms with E-state index in [0.29, 0.717) is 43.0 Å². The second-order valence-corrected chi connectivity index (χ2v) is 10.6. The molecule has 1 saturated heterocycles. The molecule has 2 aliphatic heterocycles. The number of ether oxygens (including phenoxy) is 1. The van der Waals surface area contributed by atoms with Gasteiger partial charge in [0.15, 0.2) is 0 Å². The highest BCUT2D eigenvalue weighted by Crippen LogP contribution is 2.50. The van der Waals surface area contributed by atoms with E-state index in [1.54, 1.807) is 12.1 Å². The Morgan fingerprint density at radius 2 is 1.83 bits per heavy atom. The van der Waals surface area contributed by atoms with E-state index in [1.807, 2.05) is 12.1 Å². The zero-order valence-electron chi connectivity index (χ0n) is 15.9. The summed E-state index contributed by atoms with van der Waals surface area (Å²) >= 11 is 3.59. The van der Waals surface area contributed by atoms with Crippen LogP contribution in [0.4, 0.5) is 5.69 Å². The van der Waals surface area contributed by atoms with Crippen molar-refractivity contribution in [2.75, 3.05) is 31.6 Å². The first kappa shape index (κ1) is 19.3. The maximum atomic E-state index is 12.9. The van der Waals surface area contributed by atoms with Gasteiger partial charge in [0.25, 0.3) is 0 Å². The molecule has 5 nitrogen and oxygen atoms in total. The summed E-state index contributed by atoms with van der Waals surface area (Å²) in [6.45, 7) is 1.73. The maximum absolute atomic E-state index is 12.9. The molecule has 2 aromatic carbocycles. The molecular weight excluding hydrogens is 452 g/mol. The molecule has 1 aliphatic carbocycles. The predicted molar refractivity (Wildman–Crippen MR) is 117 cm³/mol. The van der Waals surface area contributed by atoms with Crippen LogP contribution in [0.2, 0.25) is 0 Å². The normalized spacial score (nSPS) is 26.6. The van der Waals surface area contributed by atoms with E-state index in [1.165, 1.54) is 9.87 Å². The topological polar surface area (TPSA) is 58.6 Å². The van der Waals surface area contributed by atoms with E-state index in [9.17, 15) is 8.42 Å². The molecule has 152 valence electrons. The molecule has 2 aromatic rings. The number of allylic oxidation sites excluding steroid dienone is 2. The van der Waals surface area contributed by atoms with Gasteiger partial charge in [-0.1, -0.05) is 40.2 Å². The zero-order chi connectivity index (χ0) is 20.0.